The van der Waals surface area contributed by atoms with Crippen LogP contribution in [0.2, 0.25) is 0 Å². The van der Waals surface area contributed by atoms with Gasteiger partial charge in [-0.25, -0.2) is 9.97 Å². The van der Waals surface area contributed by atoms with Crippen molar-refractivity contribution in [2.45, 2.75) is 39.8 Å². The van der Waals surface area contributed by atoms with Gasteiger partial charge in [-0.15, -0.1) is 0 Å². The number of pyridine rings is 2. The van der Waals surface area contributed by atoms with E-state index < -0.39 is 0 Å². The van der Waals surface area contributed by atoms with E-state index in [0.29, 0.717) is 58.6 Å². The number of carbonyl (C=O) groups is 1. The number of nitrogens with one attached hydrogen (secondary N) is 1. The normalized spacial score (nSPS) is 15.8. The van der Waals surface area contributed by atoms with E-state index in [-0.39, 0.29) is 23.5 Å². The van der Waals surface area contributed by atoms with Crippen LogP contribution >= 0.6 is 0 Å². The molecular weight excluding hydrogens is 520 g/mol. The van der Waals surface area contributed by atoms with E-state index in [9.17, 15) is 14.7 Å². The van der Waals surface area contributed by atoms with Crippen LogP contribution in [0.3, 0.4) is 0 Å². The minimum absolute atomic E-state index is 0.119. The average Bonchev–Trinajstić information content (AvgIpc) is 3.63. The Hall–Kier alpha value is -4.77. The molecule has 0 spiro atoms. The second-order valence-corrected chi connectivity index (χ2v) is 11.6. The first-order valence-electron chi connectivity index (χ1n) is 13.6. The topological polar surface area (TPSA) is 123 Å². The molecule has 0 aromatic carbocycles. The smallest absolute Gasteiger partial charge is 0.276 e. The molecule has 0 fully saturated rings. The molecule has 11 heteroatoms. The Morgan fingerprint density at radius 1 is 1.05 bits per heavy atom. The fourth-order valence-corrected chi connectivity index (χ4v) is 6.21. The van der Waals surface area contributed by atoms with Crippen molar-refractivity contribution in [3.8, 4) is 11.1 Å². The third-order valence-corrected chi connectivity index (χ3v) is 8.09. The van der Waals surface area contributed by atoms with Gasteiger partial charge in [0.1, 0.15) is 23.0 Å². The van der Waals surface area contributed by atoms with Crippen LogP contribution in [0.1, 0.15) is 41.2 Å². The largest absolute Gasteiger partial charge is 0.392 e. The Kier molecular flexibility index (Phi) is 5.62. The van der Waals surface area contributed by atoms with Crippen LogP contribution in [0.4, 0.5) is 17.3 Å². The third-order valence-electron chi connectivity index (χ3n) is 8.09. The third kappa shape index (κ3) is 4.12. The van der Waals surface area contributed by atoms with Crippen LogP contribution in [0.5, 0.6) is 0 Å². The SMILES string of the molecule is Cn1cc(-c2ccnc(N3CCn4c(cc5c4CC(C)(C)C5)C3=O)c2CO)cc(Nc2ccn3ccnc3n2)c1=O. The van der Waals surface area contributed by atoms with Crippen molar-refractivity contribution in [3.63, 3.8) is 0 Å². The summed E-state index contributed by atoms with van der Waals surface area (Å²) in [6.07, 6.45) is 10.5. The minimum Gasteiger partial charge on any atom is -0.392 e. The van der Waals surface area contributed by atoms with Gasteiger partial charge in [-0.1, -0.05) is 13.8 Å². The predicted molar refractivity (Wildman–Crippen MR) is 154 cm³/mol. The number of imidazole rings is 1. The number of rotatable bonds is 5. The summed E-state index contributed by atoms with van der Waals surface area (Å²) in [5.74, 6) is 1.30. The maximum atomic E-state index is 13.7. The van der Waals surface area contributed by atoms with Gasteiger partial charge in [0.05, 0.1) is 6.61 Å². The van der Waals surface area contributed by atoms with E-state index in [2.05, 4.69) is 38.7 Å². The van der Waals surface area contributed by atoms with Gasteiger partial charge in [0.15, 0.2) is 0 Å². The van der Waals surface area contributed by atoms with Crippen molar-refractivity contribution in [2.24, 2.45) is 12.5 Å². The molecule has 5 aromatic rings. The lowest BCUT2D eigenvalue weighted by Gasteiger charge is -2.31. The molecule has 0 atom stereocenters. The Labute approximate surface area is 235 Å². The molecular formula is C30H30N8O3. The number of hydrogen-bond donors (Lipinski definition) is 2. The number of anilines is 3. The summed E-state index contributed by atoms with van der Waals surface area (Å²) in [6.45, 7) is 5.32. The van der Waals surface area contributed by atoms with Crippen molar-refractivity contribution in [3.05, 3.63) is 88.1 Å². The lowest BCUT2D eigenvalue weighted by molar-refractivity contribution is 0.0962. The summed E-state index contributed by atoms with van der Waals surface area (Å²) >= 11 is 0. The standard InChI is InChI=1S/C30H30N8O3/c1-30(2)14-18-13-23-28(41)38(11-10-37(23)24(18)15-30)26-21(17-39)20(4-6-31-26)19-12-22(27(40)35(3)16-19)33-25-5-8-36-9-7-32-29(36)34-25/h4-9,12-13,16,39H,10-11,14-15,17H2,1-3H3,(H,32,33,34). The molecule has 7 rings (SSSR count). The molecule has 1 aliphatic carbocycles. The molecule has 0 bridgehead atoms. The maximum absolute atomic E-state index is 13.7. The van der Waals surface area contributed by atoms with E-state index >= 15 is 0 Å². The van der Waals surface area contributed by atoms with Crippen molar-refractivity contribution in [1.82, 2.24) is 28.5 Å². The van der Waals surface area contributed by atoms with Gasteiger partial charge in [0.25, 0.3) is 11.5 Å². The van der Waals surface area contributed by atoms with Gasteiger partial charge in [-0.05, 0) is 53.6 Å². The van der Waals surface area contributed by atoms with Crippen molar-refractivity contribution < 1.29 is 9.90 Å². The van der Waals surface area contributed by atoms with Crippen molar-refractivity contribution in [2.75, 3.05) is 16.8 Å². The van der Waals surface area contributed by atoms with Crippen LogP contribution < -0.4 is 15.8 Å². The van der Waals surface area contributed by atoms with Crippen LogP contribution in [-0.2, 0) is 33.0 Å². The summed E-state index contributed by atoms with van der Waals surface area (Å²) in [5.41, 5.74) is 5.37. The van der Waals surface area contributed by atoms with Gasteiger partial charge in [0.2, 0.25) is 5.78 Å². The Bertz CT molecular complexity index is 1910. The highest BCUT2D eigenvalue weighted by atomic mass is 16.3. The number of aryl methyl sites for hydroxylation is 1. The zero-order valence-electron chi connectivity index (χ0n) is 23.1. The second-order valence-electron chi connectivity index (χ2n) is 11.6. The molecule has 1 aliphatic heterocycles. The molecule has 0 saturated carbocycles. The van der Waals surface area contributed by atoms with E-state index in [0.717, 1.165) is 12.8 Å². The molecule has 11 nitrogen and oxygen atoms in total. The molecule has 1 amide bonds. The number of nitrogens with zero attached hydrogens (tertiary/aromatic N) is 7. The number of amides is 1. The highest BCUT2D eigenvalue weighted by Gasteiger charge is 2.37. The van der Waals surface area contributed by atoms with E-state index in [1.807, 2.05) is 12.3 Å². The van der Waals surface area contributed by atoms with Crippen molar-refractivity contribution >= 4 is 29.0 Å². The number of aliphatic hydroxyl groups is 1. The molecule has 0 radical (unpaired) electrons. The van der Waals surface area contributed by atoms with Gasteiger partial charge in [-0.2, -0.15) is 4.98 Å². The fourth-order valence-electron chi connectivity index (χ4n) is 6.21. The number of aliphatic hydroxyl groups excluding tert-OH is 1. The molecule has 2 N–H and O–H groups in total. The molecule has 6 heterocycles. The zero-order chi connectivity index (χ0) is 28.5. The van der Waals surface area contributed by atoms with Gasteiger partial charge in [0, 0.05) is 67.9 Å². The Morgan fingerprint density at radius 3 is 2.73 bits per heavy atom. The number of hydrogen-bond acceptors (Lipinski definition) is 7. The first-order valence-corrected chi connectivity index (χ1v) is 13.6. The van der Waals surface area contributed by atoms with Crippen LogP contribution in [0, 0.1) is 5.41 Å². The number of fused-ring (bicyclic) bond motifs is 4. The molecule has 41 heavy (non-hydrogen) atoms. The van der Waals surface area contributed by atoms with Crippen LogP contribution in [-0.4, -0.2) is 46.0 Å². The Morgan fingerprint density at radius 2 is 1.90 bits per heavy atom. The molecule has 5 aromatic heterocycles. The van der Waals surface area contributed by atoms with Crippen LogP contribution in [0.15, 0.2) is 60.0 Å². The molecule has 0 saturated heterocycles. The molecule has 0 unspecified atom stereocenters. The summed E-state index contributed by atoms with van der Waals surface area (Å²) in [7, 11) is 1.67. The average molecular weight is 551 g/mol. The van der Waals surface area contributed by atoms with Crippen molar-refractivity contribution in [1.29, 1.82) is 0 Å². The minimum atomic E-state index is -0.322. The Balaban J connectivity index is 1.25. The predicted octanol–water partition coefficient (Wildman–Crippen LogP) is 3.31. The maximum Gasteiger partial charge on any atom is 0.276 e. The lowest BCUT2D eigenvalue weighted by atomic mass is 9.90. The highest BCUT2D eigenvalue weighted by molar-refractivity contribution is 6.06. The molecule has 208 valence electrons. The summed E-state index contributed by atoms with van der Waals surface area (Å²) in [5, 5.41) is 13.7. The zero-order valence-corrected chi connectivity index (χ0v) is 23.1. The monoisotopic (exact) mass is 550 g/mol. The summed E-state index contributed by atoms with van der Waals surface area (Å²) in [4.78, 5) is 41.7. The van der Waals surface area contributed by atoms with E-state index in [1.54, 1.807) is 59.3 Å². The molecule has 2 aliphatic rings. The van der Waals surface area contributed by atoms with Gasteiger partial charge in [-0.3, -0.25) is 18.9 Å². The first-order chi connectivity index (χ1) is 19.7. The lowest BCUT2D eigenvalue weighted by Crippen LogP contribution is -2.41. The number of aromatic nitrogens is 6. The fraction of sp³-hybridized carbons (Fsp3) is 0.300. The number of carbonyl (C=O) groups excluding carboxylic acids is 1. The first kappa shape index (κ1) is 25.2. The quantitative estimate of drug-likeness (QED) is 0.344. The second kappa shape index (κ2) is 9.13. The van der Waals surface area contributed by atoms with E-state index in [4.69, 9.17) is 0 Å². The highest BCUT2D eigenvalue weighted by Crippen LogP contribution is 2.40. The van der Waals surface area contributed by atoms with Crippen LogP contribution in [0.25, 0.3) is 16.9 Å². The van der Waals surface area contributed by atoms with Gasteiger partial charge < -0.3 is 19.6 Å². The summed E-state index contributed by atoms with van der Waals surface area (Å²) in [6, 6.07) is 7.31. The van der Waals surface area contributed by atoms with E-state index in [1.165, 1.54) is 15.8 Å². The summed E-state index contributed by atoms with van der Waals surface area (Å²) < 4.78 is 5.42. The van der Waals surface area contributed by atoms with Gasteiger partial charge >= 0.3 is 0 Å².